The highest BCUT2D eigenvalue weighted by Crippen LogP contribution is 2.15. The van der Waals surface area contributed by atoms with Gasteiger partial charge in [0.05, 0.1) is 17.7 Å². The molecule has 0 aromatic carbocycles. The van der Waals surface area contributed by atoms with Crippen LogP contribution in [-0.4, -0.2) is 44.4 Å². The normalized spacial score (nSPS) is 10.9. The Morgan fingerprint density at radius 3 is 2.61 bits per heavy atom. The van der Waals surface area contributed by atoms with Crippen molar-refractivity contribution in [1.29, 1.82) is 0 Å². The molecule has 0 radical (unpaired) electrons. The topological polar surface area (TPSA) is 74.9 Å². The summed E-state index contributed by atoms with van der Waals surface area (Å²) in [5, 5.41) is 8.84. The van der Waals surface area contributed by atoms with Crippen LogP contribution in [-0.2, 0) is 11.2 Å². The van der Waals surface area contributed by atoms with E-state index in [1.165, 1.54) is 0 Å². The third-order valence-corrected chi connectivity index (χ3v) is 3.91. The van der Waals surface area contributed by atoms with Crippen molar-refractivity contribution >= 4 is 17.5 Å². The Kier molecular flexibility index (Phi) is 5.36. The number of carboxylic acid groups (broad SMARTS) is 1. The van der Waals surface area contributed by atoms with Crippen LogP contribution in [0.3, 0.4) is 0 Å². The second kappa shape index (κ2) is 7.26. The molecule has 2 aromatic heterocycles. The highest BCUT2D eigenvalue weighted by atomic mass is 16.4. The highest BCUT2D eigenvalue weighted by Gasteiger charge is 2.17. The van der Waals surface area contributed by atoms with Crippen molar-refractivity contribution in [2.24, 2.45) is 0 Å². The SMILES string of the molecule is CCCN(CCC(=O)O)C(=O)c1ccc2nc(CC)c(C)n2c1. The predicted octanol–water partition coefficient (Wildman–Crippen LogP) is 2.53. The van der Waals surface area contributed by atoms with Gasteiger partial charge in [0.25, 0.3) is 5.91 Å². The maximum Gasteiger partial charge on any atom is 0.305 e. The molecule has 0 aliphatic heterocycles. The number of carbonyl (C=O) groups excluding carboxylic acids is 1. The van der Waals surface area contributed by atoms with E-state index in [1.807, 2.05) is 24.3 Å². The molecule has 23 heavy (non-hydrogen) atoms. The summed E-state index contributed by atoms with van der Waals surface area (Å²) in [6.45, 7) is 6.78. The van der Waals surface area contributed by atoms with Gasteiger partial charge < -0.3 is 14.4 Å². The smallest absolute Gasteiger partial charge is 0.305 e. The Morgan fingerprint density at radius 2 is 2.00 bits per heavy atom. The van der Waals surface area contributed by atoms with E-state index in [4.69, 9.17) is 5.11 Å². The van der Waals surface area contributed by atoms with E-state index in [9.17, 15) is 9.59 Å². The molecule has 0 atom stereocenters. The lowest BCUT2D eigenvalue weighted by atomic mass is 10.2. The quantitative estimate of drug-likeness (QED) is 0.851. The zero-order valence-electron chi connectivity index (χ0n) is 13.9. The number of carbonyl (C=O) groups is 2. The van der Waals surface area contributed by atoms with Crippen molar-refractivity contribution in [2.75, 3.05) is 13.1 Å². The van der Waals surface area contributed by atoms with Gasteiger partial charge in [0.15, 0.2) is 0 Å². The molecular weight excluding hydrogens is 294 g/mol. The van der Waals surface area contributed by atoms with Gasteiger partial charge in [-0.3, -0.25) is 9.59 Å². The number of aryl methyl sites for hydroxylation is 2. The van der Waals surface area contributed by atoms with Crippen molar-refractivity contribution in [2.45, 2.75) is 40.0 Å². The molecule has 6 heteroatoms. The van der Waals surface area contributed by atoms with Crippen molar-refractivity contribution in [3.8, 4) is 0 Å². The molecule has 2 aromatic rings. The minimum Gasteiger partial charge on any atom is -0.481 e. The van der Waals surface area contributed by atoms with Crippen LogP contribution in [0, 0.1) is 6.92 Å². The molecule has 2 rings (SSSR count). The van der Waals surface area contributed by atoms with E-state index in [0.29, 0.717) is 12.1 Å². The van der Waals surface area contributed by atoms with E-state index in [2.05, 4.69) is 11.9 Å². The Labute approximate surface area is 135 Å². The lowest BCUT2D eigenvalue weighted by Crippen LogP contribution is -2.33. The van der Waals surface area contributed by atoms with E-state index in [1.54, 1.807) is 17.2 Å². The van der Waals surface area contributed by atoms with Gasteiger partial charge in [0, 0.05) is 25.0 Å². The van der Waals surface area contributed by atoms with Crippen molar-refractivity contribution in [1.82, 2.24) is 14.3 Å². The summed E-state index contributed by atoms with van der Waals surface area (Å²) in [5.74, 6) is -1.03. The number of aliphatic carboxylic acids is 1. The maximum atomic E-state index is 12.7. The number of nitrogens with zero attached hydrogens (tertiary/aromatic N) is 3. The third kappa shape index (κ3) is 3.70. The lowest BCUT2D eigenvalue weighted by molar-refractivity contribution is -0.137. The molecule has 0 fully saturated rings. The monoisotopic (exact) mass is 317 g/mol. The standard InChI is InChI=1S/C17H23N3O3/c1-4-9-19(10-8-16(21)22)17(23)13-6-7-15-18-14(5-2)12(3)20(15)11-13/h6-7,11H,4-5,8-10H2,1-3H3,(H,21,22). The molecule has 2 heterocycles. The fourth-order valence-electron chi connectivity index (χ4n) is 2.67. The fourth-order valence-corrected chi connectivity index (χ4v) is 2.67. The zero-order valence-corrected chi connectivity index (χ0v) is 13.9. The second-order valence-electron chi connectivity index (χ2n) is 5.58. The van der Waals surface area contributed by atoms with Gasteiger partial charge >= 0.3 is 5.97 Å². The molecule has 6 nitrogen and oxygen atoms in total. The second-order valence-corrected chi connectivity index (χ2v) is 5.58. The Bertz CT molecular complexity index is 721. The minimum atomic E-state index is -0.896. The van der Waals surface area contributed by atoms with E-state index in [0.717, 1.165) is 29.9 Å². The molecule has 124 valence electrons. The minimum absolute atomic E-state index is 0.0436. The van der Waals surface area contributed by atoms with Gasteiger partial charge in [-0.1, -0.05) is 13.8 Å². The summed E-state index contributed by atoms with van der Waals surface area (Å²) in [6.07, 6.45) is 3.38. The van der Waals surface area contributed by atoms with Crippen LogP contribution in [0.15, 0.2) is 18.3 Å². The number of amides is 1. The molecule has 0 saturated heterocycles. The van der Waals surface area contributed by atoms with Gasteiger partial charge in [-0.2, -0.15) is 0 Å². The number of imidazole rings is 1. The van der Waals surface area contributed by atoms with Crippen LogP contribution in [0.2, 0.25) is 0 Å². The Balaban J connectivity index is 2.30. The largest absolute Gasteiger partial charge is 0.481 e. The average molecular weight is 317 g/mol. The number of pyridine rings is 1. The first-order valence-corrected chi connectivity index (χ1v) is 7.96. The van der Waals surface area contributed by atoms with Crippen LogP contribution < -0.4 is 0 Å². The molecule has 0 unspecified atom stereocenters. The molecular formula is C17H23N3O3. The molecule has 1 amide bonds. The Hall–Kier alpha value is -2.37. The van der Waals surface area contributed by atoms with Gasteiger partial charge in [0.1, 0.15) is 5.65 Å². The first-order chi connectivity index (χ1) is 11.0. The number of hydrogen-bond acceptors (Lipinski definition) is 3. The first kappa shape index (κ1) is 17.0. The van der Waals surface area contributed by atoms with Crippen LogP contribution in [0.1, 0.15) is 48.4 Å². The summed E-state index contributed by atoms with van der Waals surface area (Å²) in [4.78, 5) is 29.6. The molecule has 0 saturated carbocycles. The van der Waals surface area contributed by atoms with Gasteiger partial charge in [-0.05, 0) is 31.9 Å². The summed E-state index contributed by atoms with van der Waals surface area (Å²) in [7, 11) is 0. The van der Waals surface area contributed by atoms with Crippen molar-refractivity contribution in [3.63, 3.8) is 0 Å². The van der Waals surface area contributed by atoms with Gasteiger partial charge in [-0.15, -0.1) is 0 Å². The zero-order chi connectivity index (χ0) is 17.0. The van der Waals surface area contributed by atoms with Crippen molar-refractivity contribution in [3.05, 3.63) is 35.3 Å². The lowest BCUT2D eigenvalue weighted by Gasteiger charge is -2.21. The maximum absolute atomic E-state index is 12.7. The van der Waals surface area contributed by atoms with Crippen LogP contribution in [0.25, 0.3) is 5.65 Å². The number of rotatable bonds is 7. The first-order valence-electron chi connectivity index (χ1n) is 7.96. The number of carboxylic acids is 1. The third-order valence-electron chi connectivity index (χ3n) is 3.91. The highest BCUT2D eigenvalue weighted by molar-refractivity contribution is 5.94. The van der Waals surface area contributed by atoms with Gasteiger partial charge in [-0.25, -0.2) is 4.98 Å². The van der Waals surface area contributed by atoms with Crippen LogP contribution in [0.4, 0.5) is 0 Å². The summed E-state index contributed by atoms with van der Waals surface area (Å²) in [6, 6.07) is 3.59. The van der Waals surface area contributed by atoms with E-state index >= 15 is 0 Å². The number of hydrogen-bond donors (Lipinski definition) is 1. The number of aromatic nitrogens is 2. The number of fused-ring (bicyclic) bond motifs is 1. The Morgan fingerprint density at radius 1 is 1.26 bits per heavy atom. The van der Waals surface area contributed by atoms with Crippen molar-refractivity contribution < 1.29 is 14.7 Å². The summed E-state index contributed by atoms with van der Waals surface area (Å²) >= 11 is 0. The molecule has 0 aliphatic rings. The predicted molar refractivity (Wildman–Crippen MR) is 87.8 cm³/mol. The van der Waals surface area contributed by atoms with Crippen LogP contribution >= 0.6 is 0 Å². The fraction of sp³-hybridized carbons (Fsp3) is 0.471. The van der Waals surface area contributed by atoms with Gasteiger partial charge in [0.2, 0.25) is 0 Å². The molecule has 0 bridgehead atoms. The average Bonchev–Trinajstić information content (AvgIpc) is 2.86. The molecule has 1 N–H and O–H groups in total. The van der Waals surface area contributed by atoms with Crippen LogP contribution in [0.5, 0.6) is 0 Å². The van der Waals surface area contributed by atoms with E-state index in [-0.39, 0.29) is 18.9 Å². The summed E-state index contributed by atoms with van der Waals surface area (Å²) in [5.41, 5.74) is 3.43. The molecule has 0 spiro atoms. The molecule has 0 aliphatic carbocycles. The summed E-state index contributed by atoms with van der Waals surface area (Å²) < 4.78 is 1.92. The van der Waals surface area contributed by atoms with E-state index < -0.39 is 5.97 Å².